The number of alkyl halides is 3. The molecule has 6 rings (SSSR count). The molecule has 0 aromatic heterocycles. The van der Waals surface area contributed by atoms with Crippen LogP contribution in [-0.4, -0.2) is 59.4 Å². The summed E-state index contributed by atoms with van der Waals surface area (Å²) >= 11 is 0. The van der Waals surface area contributed by atoms with E-state index in [2.05, 4.69) is 34.5 Å². The van der Waals surface area contributed by atoms with Gasteiger partial charge in [0.25, 0.3) is 5.91 Å². The lowest BCUT2D eigenvalue weighted by atomic mass is 9.77. The molecule has 2 saturated heterocycles. The van der Waals surface area contributed by atoms with Gasteiger partial charge in [-0.1, -0.05) is 30.3 Å². The summed E-state index contributed by atoms with van der Waals surface area (Å²) in [4.78, 5) is 29.9. The van der Waals surface area contributed by atoms with Gasteiger partial charge >= 0.3 is 6.18 Å². The average Bonchev–Trinajstić information content (AvgIpc) is 3.62. The van der Waals surface area contributed by atoms with Crippen molar-refractivity contribution in [2.75, 3.05) is 19.6 Å². The lowest BCUT2D eigenvalue weighted by Crippen LogP contribution is -2.47. The van der Waals surface area contributed by atoms with Crippen molar-refractivity contribution in [2.45, 2.75) is 75.0 Å². The predicted molar refractivity (Wildman–Crippen MR) is 134 cm³/mol. The van der Waals surface area contributed by atoms with E-state index >= 15 is 0 Å². The summed E-state index contributed by atoms with van der Waals surface area (Å²) in [6.07, 6.45) is 1.42. The maximum Gasteiger partial charge on any atom is 0.416 e. The van der Waals surface area contributed by atoms with Crippen LogP contribution >= 0.6 is 0 Å². The highest BCUT2D eigenvalue weighted by atomic mass is 19.4. The van der Waals surface area contributed by atoms with E-state index in [-0.39, 0.29) is 29.7 Å². The summed E-state index contributed by atoms with van der Waals surface area (Å²) in [6, 6.07) is 13.7. The molecule has 0 radical (unpaired) electrons. The quantitative estimate of drug-likeness (QED) is 0.637. The number of halogens is 3. The van der Waals surface area contributed by atoms with Crippen molar-refractivity contribution in [3.63, 3.8) is 0 Å². The van der Waals surface area contributed by atoms with Gasteiger partial charge in [0.2, 0.25) is 5.91 Å². The molecule has 4 aliphatic rings. The van der Waals surface area contributed by atoms with E-state index in [1.165, 1.54) is 23.3 Å². The zero-order chi connectivity index (χ0) is 26.5. The largest absolute Gasteiger partial charge is 0.416 e. The van der Waals surface area contributed by atoms with Gasteiger partial charge in [0.15, 0.2) is 0 Å². The molecule has 3 aliphatic heterocycles. The van der Waals surface area contributed by atoms with E-state index in [9.17, 15) is 22.8 Å². The third kappa shape index (κ3) is 4.49. The highest BCUT2D eigenvalue weighted by molar-refractivity contribution is 5.96. The van der Waals surface area contributed by atoms with Crippen molar-refractivity contribution in [2.24, 2.45) is 0 Å². The maximum atomic E-state index is 13.0. The molecular weight excluding hydrogens is 495 g/mol. The van der Waals surface area contributed by atoms with E-state index in [1.807, 2.05) is 4.90 Å². The summed E-state index contributed by atoms with van der Waals surface area (Å²) < 4.78 is 45.3. The van der Waals surface area contributed by atoms with Crippen LogP contribution in [0.25, 0.3) is 0 Å². The van der Waals surface area contributed by atoms with Crippen molar-refractivity contribution >= 4 is 11.8 Å². The number of nitrogens with one attached hydrogen (secondary N) is 1. The molecule has 6 nitrogen and oxygen atoms in total. The second-order valence-electron chi connectivity index (χ2n) is 11.0. The number of ether oxygens (including phenoxy) is 1. The number of carbonyl (C=O) groups is 2. The van der Waals surface area contributed by atoms with Crippen LogP contribution in [0.3, 0.4) is 0 Å². The van der Waals surface area contributed by atoms with E-state index < -0.39 is 17.6 Å². The highest BCUT2D eigenvalue weighted by Gasteiger charge is 2.49. The standard InChI is InChI=1S/C29H32F3N3O3/c30-29(31,32)21-6-3-5-19(16-21)27(37)33-17-26(36)35-15-11-24-25(35)10-14-34(24)22-8-12-28(13-9-22)23-7-2-1-4-20(23)18-38-28/h1-7,16,22,24-25H,8-15,17-18H2,(H,33,37)/t22?,24-,25-,28?/m1/s1. The lowest BCUT2D eigenvalue weighted by molar-refractivity contribution is -0.137. The number of hydrogen-bond acceptors (Lipinski definition) is 4. The zero-order valence-electron chi connectivity index (χ0n) is 21.2. The summed E-state index contributed by atoms with van der Waals surface area (Å²) in [7, 11) is 0. The number of fused-ring (bicyclic) bond motifs is 3. The van der Waals surface area contributed by atoms with Crippen LogP contribution in [0.15, 0.2) is 48.5 Å². The number of rotatable bonds is 4. The number of hydrogen-bond donors (Lipinski definition) is 1. The molecule has 2 aromatic rings. The normalized spacial score (nSPS) is 28.9. The molecule has 1 saturated carbocycles. The number of carbonyl (C=O) groups excluding carboxylic acids is 2. The van der Waals surface area contributed by atoms with Crippen LogP contribution in [0, 0.1) is 0 Å². The van der Waals surface area contributed by atoms with Gasteiger partial charge in [0, 0.05) is 36.8 Å². The highest BCUT2D eigenvalue weighted by Crippen LogP contribution is 2.48. The van der Waals surface area contributed by atoms with Crippen molar-refractivity contribution in [3.8, 4) is 0 Å². The minimum Gasteiger partial charge on any atom is -0.366 e. The first-order valence-corrected chi connectivity index (χ1v) is 13.5. The Bertz CT molecular complexity index is 1220. The Hall–Kier alpha value is -2.91. The Kier molecular flexibility index (Phi) is 6.46. The van der Waals surface area contributed by atoms with Gasteiger partial charge < -0.3 is 15.0 Å². The average molecular weight is 528 g/mol. The fourth-order valence-corrected chi connectivity index (χ4v) is 7.18. The summed E-state index contributed by atoms with van der Waals surface area (Å²) in [5, 5.41) is 2.52. The Balaban J connectivity index is 1.03. The van der Waals surface area contributed by atoms with Crippen LogP contribution in [0.1, 0.15) is 65.6 Å². The number of likely N-dealkylation sites (tertiary alicyclic amines) is 2. The van der Waals surface area contributed by atoms with Crippen LogP contribution in [0.2, 0.25) is 0 Å². The Morgan fingerprint density at radius 1 is 0.974 bits per heavy atom. The summed E-state index contributed by atoms with van der Waals surface area (Å²) in [6.45, 7) is 2.06. The van der Waals surface area contributed by atoms with Crippen molar-refractivity contribution in [1.82, 2.24) is 15.1 Å². The van der Waals surface area contributed by atoms with Gasteiger partial charge in [-0.05, 0) is 67.9 Å². The van der Waals surface area contributed by atoms with E-state index in [0.717, 1.165) is 57.2 Å². The first kappa shape index (κ1) is 25.4. The molecule has 0 unspecified atom stereocenters. The Morgan fingerprint density at radius 2 is 1.74 bits per heavy atom. The molecule has 1 aliphatic carbocycles. The molecule has 2 amide bonds. The Labute approximate surface area is 220 Å². The van der Waals surface area contributed by atoms with Crippen molar-refractivity contribution < 1.29 is 27.5 Å². The lowest BCUT2D eigenvalue weighted by Gasteiger charge is -2.42. The molecule has 3 fully saturated rings. The minimum absolute atomic E-state index is 0.108. The third-order valence-electron chi connectivity index (χ3n) is 9.04. The smallest absolute Gasteiger partial charge is 0.366 e. The first-order chi connectivity index (χ1) is 18.2. The fraction of sp³-hybridized carbons (Fsp3) is 0.517. The predicted octanol–water partition coefficient (Wildman–Crippen LogP) is 4.48. The van der Waals surface area contributed by atoms with Crippen molar-refractivity contribution in [1.29, 1.82) is 0 Å². The van der Waals surface area contributed by atoms with Gasteiger partial charge in [-0.2, -0.15) is 13.2 Å². The van der Waals surface area contributed by atoms with E-state index in [0.29, 0.717) is 25.2 Å². The van der Waals surface area contributed by atoms with E-state index in [1.54, 1.807) is 0 Å². The minimum atomic E-state index is -4.53. The first-order valence-electron chi connectivity index (χ1n) is 13.5. The van der Waals surface area contributed by atoms with Gasteiger partial charge in [-0.25, -0.2) is 0 Å². The number of nitrogens with zero attached hydrogens (tertiary/aromatic N) is 2. The molecule has 3 heterocycles. The molecule has 0 bridgehead atoms. The second kappa shape index (κ2) is 9.68. The Morgan fingerprint density at radius 3 is 2.53 bits per heavy atom. The summed E-state index contributed by atoms with van der Waals surface area (Å²) in [5.41, 5.74) is 1.51. The van der Waals surface area contributed by atoms with Gasteiger partial charge in [-0.15, -0.1) is 0 Å². The second-order valence-corrected chi connectivity index (χ2v) is 11.0. The SMILES string of the molecule is O=C(NCC(=O)N1CC[C@@H]2[C@H]1CCN2C1CCC2(CC1)OCc1ccccc12)c1cccc(C(F)(F)F)c1. The van der Waals surface area contributed by atoms with Gasteiger partial charge in [0.05, 0.1) is 24.3 Å². The molecule has 2 aromatic carbocycles. The van der Waals surface area contributed by atoms with Crippen molar-refractivity contribution in [3.05, 3.63) is 70.8 Å². The molecule has 1 N–H and O–H groups in total. The van der Waals surface area contributed by atoms with E-state index in [4.69, 9.17) is 4.74 Å². The topological polar surface area (TPSA) is 61.9 Å². The number of benzene rings is 2. The summed E-state index contributed by atoms with van der Waals surface area (Å²) in [5.74, 6) is -0.863. The van der Waals surface area contributed by atoms with Crippen LogP contribution in [0.4, 0.5) is 13.2 Å². The third-order valence-corrected chi connectivity index (χ3v) is 9.04. The van der Waals surface area contributed by atoms with Crippen LogP contribution in [-0.2, 0) is 27.9 Å². The fourth-order valence-electron chi connectivity index (χ4n) is 7.18. The molecule has 1 spiro atoms. The number of amides is 2. The van der Waals surface area contributed by atoms with Crippen LogP contribution < -0.4 is 5.32 Å². The molecule has 38 heavy (non-hydrogen) atoms. The molecule has 2 atom stereocenters. The maximum absolute atomic E-state index is 13.0. The van der Waals surface area contributed by atoms with Gasteiger partial charge in [0.1, 0.15) is 0 Å². The monoisotopic (exact) mass is 527 g/mol. The zero-order valence-corrected chi connectivity index (χ0v) is 21.2. The van der Waals surface area contributed by atoms with Gasteiger partial charge in [-0.3, -0.25) is 14.5 Å². The molecule has 202 valence electrons. The molecular formula is C29H32F3N3O3. The molecule has 9 heteroatoms. The van der Waals surface area contributed by atoms with Crippen LogP contribution in [0.5, 0.6) is 0 Å².